The van der Waals surface area contributed by atoms with Crippen LogP contribution in [0, 0.1) is 11.7 Å². The fourth-order valence-electron chi connectivity index (χ4n) is 3.31. The van der Waals surface area contributed by atoms with Crippen molar-refractivity contribution in [1.29, 1.82) is 0 Å². The van der Waals surface area contributed by atoms with Gasteiger partial charge in [-0.2, -0.15) is 26.3 Å². The van der Waals surface area contributed by atoms with E-state index in [0.29, 0.717) is 12.1 Å². The maximum absolute atomic E-state index is 14.5. The Balaban J connectivity index is 1.83. The summed E-state index contributed by atoms with van der Waals surface area (Å²) < 4.78 is 88.9. The van der Waals surface area contributed by atoms with Gasteiger partial charge in [0.15, 0.2) is 0 Å². The number of halogens is 11. The zero-order valence-corrected chi connectivity index (χ0v) is 19.7. The van der Waals surface area contributed by atoms with Crippen LogP contribution in [0.4, 0.5) is 36.4 Å². The molecule has 1 aliphatic carbocycles. The van der Waals surface area contributed by atoms with Crippen molar-refractivity contribution in [2.24, 2.45) is 5.92 Å². The molecule has 15 heteroatoms. The van der Waals surface area contributed by atoms with E-state index in [4.69, 9.17) is 46.4 Å². The van der Waals surface area contributed by atoms with Gasteiger partial charge < -0.3 is 10.6 Å². The number of carbonyl (C=O) groups is 2. The molecule has 2 atom stereocenters. The van der Waals surface area contributed by atoms with Crippen molar-refractivity contribution >= 4 is 63.9 Å². The van der Waals surface area contributed by atoms with E-state index in [0.717, 1.165) is 12.1 Å². The number of anilines is 1. The molecule has 0 unspecified atom stereocenters. The Morgan fingerprint density at radius 1 is 0.971 bits per heavy atom. The molecule has 3 rings (SSSR count). The molecule has 0 spiro atoms. The Labute approximate surface area is 212 Å². The molecule has 1 aliphatic rings. The molecule has 1 fully saturated rings. The van der Waals surface area contributed by atoms with Crippen molar-refractivity contribution in [3.63, 3.8) is 0 Å². The first-order valence-corrected chi connectivity index (χ1v) is 10.8. The summed E-state index contributed by atoms with van der Waals surface area (Å²) >= 11 is 23.6. The van der Waals surface area contributed by atoms with Crippen LogP contribution in [0.2, 0.25) is 10.0 Å². The van der Waals surface area contributed by atoms with Gasteiger partial charge in [-0.15, -0.1) is 23.2 Å². The van der Waals surface area contributed by atoms with Crippen molar-refractivity contribution in [3.05, 3.63) is 62.9 Å². The number of hydrogen-bond donors (Lipinski definition) is 2. The monoisotopic (exact) mass is 584 g/mol. The molecule has 190 valence electrons. The summed E-state index contributed by atoms with van der Waals surface area (Å²) in [5.41, 5.74) is -2.42. The summed E-state index contributed by atoms with van der Waals surface area (Å²) in [6, 6.07) is 4.11. The van der Waals surface area contributed by atoms with Crippen LogP contribution in [0.3, 0.4) is 0 Å². The van der Waals surface area contributed by atoms with Crippen molar-refractivity contribution in [1.82, 2.24) is 5.32 Å². The van der Waals surface area contributed by atoms with E-state index in [1.807, 2.05) is 0 Å². The molecule has 0 radical (unpaired) electrons. The second-order valence-electron chi connectivity index (χ2n) is 7.47. The minimum absolute atomic E-state index is 0.117. The quantitative estimate of drug-likeness (QED) is 0.294. The summed E-state index contributed by atoms with van der Waals surface area (Å²) in [7, 11) is 0. The normalized spacial score (nSPS) is 19.3. The molecule has 0 heterocycles. The summed E-state index contributed by atoms with van der Waals surface area (Å²) in [6.45, 7) is -1.63. The fourth-order valence-corrected chi connectivity index (χ4v) is 4.55. The number of rotatable bonds is 5. The van der Waals surface area contributed by atoms with Crippen molar-refractivity contribution in [3.8, 4) is 0 Å². The number of benzene rings is 2. The van der Waals surface area contributed by atoms with Gasteiger partial charge in [0.25, 0.3) is 5.91 Å². The van der Waals surface area contributed by atoms with E-state index in [1.54, 1.807) is 5.32 Å². The van der Waals surface area contributed by atoms with Gasteiger partial charge in [-0.05, 0) is 35.9 Å². The minimum Gasteiger partial charge on any atom is -0.343 e. The smallest absolute Gasteiger partial charge is 0.343 e. The van der Waals surface area contributed by atoms with Crippen LogP contribution in [0.15, 0.2) is 30.3 Å². The molecule has 35 heavy (non-hydrogen) atoms. The molecular formula is C20H11Cl4F7N2O2. The maximum atomic E-state index is 14.5. The van der Waals surface area contributed by atoms with Crippen LogP contribution in [0.5, 0.6) is 0 Å². The van der Waals surface area contributed by atoms with E-state index in [-0.39, 0.29) is 10.7 Å². The summed E-state index contributed by atoms with van der Waals surface area (Å²) in [6.07, 6.45) is -9.55. The maximum Gasteiger partial charge on any atom is 0.416 e. The van der Waals surface area contributed by atoms with E-state index < -0.39 is 74.4 Å². The molecule has 0 aromatic heterocycles. The third-order valence-electron chi connectivity index (χ3n) is 4.98. The second kappa shape index (κ2) is 9.49. The van der Waals surface area contributed by atoms with Crippen molar-refractivity contribution in [2.75, 3.05) is 11.9 Å². The highest BCUT2D eigenvalue weighted by Crippen LogP contribution is 2.66. The number of hydrogen-bond acceptors (Lipinski definition) is 2. The number of nitrogens with one attached hydrogen (secondary N) is 2. The highest BCUT2D eigenvalue weighted by Gasteiger charge is 2.68. The van der Waals surface area contributed by atoms with Gasteiger partial charge in [0.05, 0.1) is 27.1 Å². The van der Waals surface area contributed by atoms with Crippen molar-refractivity contribution < 1.29 is 40.3 Å². The van der Waals surface area contributed by atoms with Crippen molar-refractivity contribution in [2.45, 2.75) is 22.6 Å². The third-order valence-corrected chi connectivity index (χ3v) is 6.53. The van der Waals surface area contributed by atoms with Gasteiger partial charge in [-0.3, -0.25) is 9.59 Å². The first kappa shape index (κ1) is 27.6. The zero-order valence-electron chi connectivity index (χ0n) is 16.7. The molecule has 2 N–H and O–H groups in total. The van der Waals surface area contributed by atoms with Gasteiger partial charge in [-0.1, -0.05) is 23.2 Å². The first-order valence-electron chi connectivity index (χ1n) is 9.32. The molecule has 4 nitrogen and oxygen atoms in total. The topological polar surface area (TPSA) is 58.2 Å². The average Bonchev–Trinajstić information content (AvgIpc) is 3.29. The molecule has 1 saturated carbocycles. The van der Waals surface area contributed by atoms with Gasteiger partial charge in [0.1, 0.15) is 16.7 Å². The molecular weight excluding hydrogens is 575 g/mol. The van der Waals surface area contributed by atoms with Gasteiger partial charge in [0, 0.05) is 11.6 Å². The summed E-state index contributed by atoms with van der Waals surface area (Å²) in [5.74, 6) is -6.22. The van der Waals surface area contributed by atoms with Crippen LogP contribution < -0.4 is 10.6 Å². The average molecular weight is 586 g/mol. The Kier molecular flexibility index (Phi) is 7.50. The van der Waals surface area contributed by atoms with E-state index in [9.17, 15) is 40.3 Å². The Morgan fingerprint density at radius 3 is 2.17 bits per heavy atom. The van der Waals surface area contributed by atoms with Gasteiger partial charge in [0.2, 0.25) is 5.91 Å². The molecule has 0 bridgehead atoms. The first-order chi connectivity index (χ1) is 15.9. The highest BCUT2D eigenvalue weighted by atomic mass is 35.5. The highest BCUT2D eigenvalue weighted by molar-refractivity contribution is 6.53. The zero-order chi connectivity index (χ0) is 26.5. The second-order valence-corrected chi connectivity index (χ2v) is 9.73. The Bertz CT molecular complexity index is 1190. The Hall–Kier alpha value is -1.95. The summed E-state index contributed by atoms with van der Waals surface area (Å²) in [5, 5.41) is 2.83. The van der Waals surface area contributed by atoms with Gasteiger partial charge >= 0.3 is 12.4 Å². The molecule has 0 saturated heterocycles. The lowest BCUT2D eigenvalue weighted by Gasteiger charge is -2.12. The van der Waals surface area contributed by atoms with Crippen LogP contribution in [0.1, 0.15) is 27.4 Å². The lowest BCUT2D eigenvalue weighted by molar-refractivity contribution is -0.137. The van der Waals surface area contributed by atoms with Gasteiger partial charge in [-0.25, -0.2) is 4.39 Å². The summed E-state index contributed by atoms with van der Waals surface area (Å²) in [4.78, 5) is 24.8. The molecule has 2 aromatic carbocycles. The van der Waals surface area contributed by atoms with Crippen LogP contribution in [-0.4, -0.2) is 28.9 Å². The SMILES string of the molecule is O=C(NCC(F)(F)F)c1cc(NC(=O)[C@H]2[C@H](c3cc(C(F)(F)F)cc(Cl)c3F)C2(Cl)Cl)ccc1Cl. The molecule has 2 aromatic rings. The van der Waals surface area contributed by atoms with E-state index >= 15 is 0 Å². The third kappa shape index (κ3) is 6.07. The van der Waals surface area contributed by atoms with E-state index in [2.05, 4.69) is 5.32 Å². The lowest BCUT2D eigenvalue weighted by Crippen LogP contribution is -2.33. The number of carbonyl (C=O) groups excluding carboxylic acids is 2. The molecule has 2 amide bonds. The fraction of sp³-hybridized carbons (Fsp3) is 0.300. The Morgan fingerprint density at radius 2 is 1.60 bits per heavy atom. The number of alkyl halides is 8. The predicted octanol–water partition coefficient (Wildman–Crippen LogP) is 6.97. The predicted molar refractivity (Wildman–Crippen MR) is 116 cm³/mol. The molecule has 0 aliphatic heterocycles. The van der Waals surface area contributed by atoms with Crippen LogP contribution in [-0.2, 0) is 11.0 Å². The van der Waals surface area contributed by atoms with E-state index in [1.165, 1.54) is 6.07 Å². The minimum atomic E-state index is -4.87. The van der Waals surface area contributed by atoms with Crippen LogP contribution >= 0.6 is 46.4 Å². The largest absolute Gasteiger partial charge is 0.416 e. The lowest BCUT2D eigenvalue weighted by atomic mass is 10.0. The number of amides is 2. The van der Waals surface area contributed by atoms with Crippen LogP contribution in [0.25, 0.3) is 0 Å². The standard InChI is InChI=1S/C20H11Cl4F7N2O2/c21-11-2-1-8(5-9(11)16(34)32-6-18(26,27)28)33-17(35)14-13(19(14,23)24)10-3-7(20(29,30)31)4-12(22)15(10)25/h1-5,13-14H,6H2,(H,32,34)(H,33,35)/t13-,14+/m0/s1.